The molecule has 0 radical (unpaired) electrons. The van der Waals surface area contributed by atoms with Crippen molar-refractivity contribution in [3.63, 3.8) is 0 Å². The summed E-state index contributed by atoms with van der Waals surface area (Å²) in [5.41, 5.74) is 5.64. The van der Waals surface area contributed by atoms with Crippen LogP contribution in [-0.4, -0.2) is 101 Å². The zero-order chi connectivity index (χ0) is 61.3. The Morgan fingerprint density at radius 2 is 1.02 bits per heavy atom. The maximum absolute atomic E-state index is 12.7. The van der Waals surface area contributed by atoms with Gasteiger partial charge in [0.2, 0.25) is 0 Å². The third kappa shape index (κ3) is 28.3. The molecular formula is C67H74O17. The normalized spacial score (nSPS) is 10.7. The number of carbonyl (C=O) groups is 7. The molecule has 0 saturated carbocycles. The summed E-state index contributed by atoms with van der Waals surface area (Å²) in [7, 11) is 0. The van der Waals surface area contributed by atoms with Crippen molar-refractivity contribution in [2.45, 2.75) is 84.8 Å². The summed E-state index contributed by atoms with van der Waals surface area (Å²) < 4.78 is 52.4. The van der Waals surface area contributed by atoms with Crippen molar-refractivity contribution in [2.24, 2.45) is 0 Å². The van der Waals surface area contributed by atoms with Gasteiger partial charge in [-0.3, -0.25) is 4.79 Å². The lowest BCUT2D eigenvalue weighted by molar-refractivity contribution is -0.154. The van der Waals surface area contributed by atoms with Gasteiger partial charge in [0.25, 0.3) is 6.47 Å². The zero-order valence-corrected chi connectivity index (χ0v) is 48.2. The highest BCUT2D eigenvalue weighted by molar-refractivity contribution is 5.92. The van der Waals surface area contributed by atoms with Crippen molar-refractivity contribution in [1.29, 1.82) is 0 Å². The van der Waals surface area contributed by atoms with E-state index in [0.29, 0.717) is 72.2 Å². The summed E-state index contributed by atoms with van der Waals surface area (Å²) in [5, 5.41) is 0. The minimum atomic E-state index is -0.774. The molecule has 2 unspecified atom stereocenters. The molecule has 5 rings (SSSR count). The Morgan fingerprint density at radius 1 is 0.512 bits per heavy atom. The van der Waals surface area contributed by atoms with Gasteiger partial charge in [0.05, 0.1) is 30.9 Å². The fourth-order valence-electron chi connectivity index (χ4n) is 6.90. The van der Waals surface area contributed by atoms with E-state index in [0.717, 1.165) is 53.8 Å². The highest BCUT2D eigenvalue weighted by Gasteiger charge is 2.18. The van der Waals surface area contributed by atoms with E-state index in [9.17, 15) is 33.6 Å². The van der Waals surface area contributed by atoms with Crippen molar-refractivity contribution < 1.29 is 80.9 Å². The lowest BCUT2D eigenvalue weighted by Gasteiger charge is -2.17. The van der Waals surface area contributed by atoms with Crippen LogP contribution in [0.2, 0.25) is 0 Å². The Balaban J connectivity index is 0.000000407. The molecule has 0 spiro atoms. The molecule has 5 aromatic rings. The number of ether oxygens (including phenoxy) is 10. The smallest absolute Gasteiger partial charge is 0.343 e. The highest BCUT2D eigenvalue weighted by Crippen LogP contribution is 2.26. The van der Waals surface area contributed by atoms with Crippen LogP contribution < -0.4 is 18.9 Å². The number of carbonyl (C=O) groups excluding carboxylic acids is 7. The van der Waals surface area contributed by atoms with Crippen molar-refractivity contribution in [1.82, 2.24) is 0 Å². The number of rotatable bonds is 32. The number of unbranched alkanes of at least 4 members (excludes halogenated alkanes) is 3. The van der Waals surface area contributed by atoms with Gasteiger partial charge < -0.3 is 47.4 Å². The van der Waals surface area contributed by atoms with E-state index in [2.05, 4.69) is 74.1 Å². The topological polar surface area (TPSA) is 212 Å². The predicted molar refractivity (Wildman–Crippen MR) is 317 cm³/mol. The van der Waals surface area contributed by atoms with Gasteiger partial charge in [-0.05, 0) is 154 Å². The van der Waals surface area contributed by atoms with Gasteiger partial charge >= 0.3 is 35.8 Å². The maximum Gasteiger partial charge on any atom is 0.343 e. The summed E-state index contributed by atoms with van der Waals surface area (Å²) in [6, 6.07) is 33.9. The molecule has 0 aliphatic heterocycles. The second-order valence-corrected chi connectivity index (χ2v) is 17.9. The molecule has 0 amide bonds. The average Bonchev–Trinajstić information content (AvgIpc) is 3.72. The standard InChI is InChI=1S/C34H36O10.C28H30O5.C5H8O2/c1-4-25-8-10-26(11-9-25)33(37)43-29-16-17-31(24(3)20-29)44-34(38)27-12-14-28(15-13-27)41-22-30(42-23-35)21-39-18-6-7-19-40-32(36)5-2;1-4-7-8-9-22-10-12-23(13-11-22)14-15-24-16-18-25(19-17-24)31-20-26(33-28(30)6-3)21-32-27(29)5-2;1-3-5(6)7-4-2/h5,8-17,20,23,30H,2,4,6-7,18-19,21-22H2,1,3H3;5-6,10-13,16-19,26H,2-4,7-9,20-21H2,1H3;3H,1,4H2,2H3. The van der Waals surface area contributed by atoms with Crippen LogP contribution in [0, 0.1) is 18.8 Å². The second kappa shape index (κ2) is 40.6. The summed E-state index contributed by atoms with van der Waals surface area (Å²) in [5.74, 6) is 4.90. The van der Waals surface area contributed by atoms with Gasteiger partial charge in [0.1, 0.15) is 42.8 Å². The van der Waals surface area contributed by atoms with Crippen molar-refractivity contribution in [3.8, 4) is 34.8 Å². The number of esters is 6. The Kier molecular flexibility index (Phi) is 33.2. The summed E-state index contributed by atoms with van der Waals surface area (Å²) in [6.07, 6.45) is 9.87. The Hall–Kier alpha value is -9.53. The summed E-state index contributed by atoms with van der Waals surface area (Å²) in [4.78, 5) is 79.9. The first-order valence-corrected chi connectivity index (χ1v) is 27.3. The lowest BCUT2D eigenvalue weighted by atomic mass is 10.1. The Morgan fingerprint density at radius 3 is 1.57 bits per heavy atom. The molecule has 0 fully saturated rings. The van der Waals surface area contributed by atoms with E-state index in [-0.39, 0.29) is 39.0 Å². The first-order valence-electron chi connectivity index (χ1n) is 27.3. The van der Waals surface area contributed by atoms with Crippen LogP contribution in [0.25, 0.3) is 0 Å². The molecular weight excluding hydrogens is 1080 g/mol. The van der Waals surface area contributed by atoms with Gasteiger partial charge in [-0.15, -0.1) is 0 Å². The largest absolute Gasteiger partial charge is 0.490 e. The van der Waals surface area contributed by atoms with E-state index < -0.39 is 42.1 Å². The van der Waals surface area contributed by atoms with Crippen LogP contribution in [0.4, 0.5) is 0 Å². The van der Waals surface area contributed by atoms with Crippen LogP contribution in [0.3, 0.4) is 0 Å². The Bertz CT molecular complexity index is 2950. The molecule has 0 heterocycles. The van der Waals surface area contributed by atoms with E-state index in [1.165, 1.54) is 24.8 Å². The molecule has 0 aliphatic rings. The summed E-state index contributed by atoms with van der Waals surface area (Å²) >= 11 is 0. The zero-order valence-electron chi connectivity index (χ0n) is 48.2. The van der Waals surface area contributed by atoms with Gasteiger partial charge in [0.15, 0.2) is 12.2 Å². The van der Waals surface area contributed by atoms with Crippen LogP contribution in [0.1, 0.15) is 101 Å². The number of hydrogen-bond donors (Lipinski definition) is 0. The molecule has 2 atom stereocenters. The lowest BCUT2D eigenvalue weighted by Crippen LogP contribution is -2.30. The predicted octanol–water partition coefficient (Wildman–Crippen LogP) is 11.2. The van der Waals surface area contributed by atoms with Crippen LogP contribution >= 0.6 is 0 Å². The van der Waals surface area contributed by atoms with Crippen molar-refractivity contribution in [3.05, 3.63) is 205 Å². The fraction of sp³-hybridized carbons (Fsp3) is 0.299. The molecule has 0 bridgehead atoms. The van der Waals surface area contributed by atoms with Gasteiger partial charge in [0, 0.05) is 42.0 Å². The van der Waals surface area contributed by atoms with Gasteiger partial charge in [-0.25, -0.2) is 28.8 Å². The molecule has 5 aromatic carbocycles. The van der Waals surface area contributed by atoms with E-state index in [1.807, 2.05) is 31.2 Å². The van der Waals surface area contributed by atoms with Gasteiger partial charge in [-0.2, -0.15) is 0 Å². The number of hydrogen-bond acceptors (Lipinski definition) is 17. The first-order chi connectivity index (χ1) is 40.7. The molecule has 17 nitrogen and oxygen atoms in total. The molecule has 0 aliphatic carbocycles. The minimum Gasteiger partial charge on any atom is -0.490 e. The van der Waals surface area contributed by atoms with Gasteiger partial charge in [-0.1, -0.05) is 89.1 Å². The number of aryl methyl sites for hydroxylation is 3. The summed E-state index contributed by atoms with van der Waals surface area (Å²) in [6.45, 7) is 22.4. The third-order valence-electron chi connectivity index (χ3n) is 11.5. The minimum absolute atomic E-state index is 0.0135. The SMILES string of the molecule is C=CC(=O)OCC.C=CC(=O)OCC(COc1ccc(C#Cc2ccc(CCCCC)cc2)cc1)OC(=O)C=C.C=CC(=O)OCCCCOCC(COc1ccc(C(=O)Oc2ccc(OC(=O)c3ccc(CC)cc3)cc2C)cc1)OC=O. The maximum atomic E-state index is 12.7. The van der Waals surface area contributed by atoms with Crippen LogP contribution in [0.15, 0.2) is 166 Å². The molecule has 17 heteroatoms. The molecule has 0 aromatic heterocycles. The van der Waals surface area contributed by atoms with Crippen molar-refractivity contribution in [2.75, 3.05) is 46.2 Å². The van der Waals surface area contributed by atoms with Crippen LogP contribution in [0.5, 0.6) is 23.0 Å². The second-order valence-electron chi connectivity index (χ2n) is 17.9. The highest BCUT2D eigenvalue weighted by atomic mass is 16.6. The monoisotopic (exact) mass is 1150 g/mol. The van der Waals surface area contributed by atoms with E-state index in [4.69, 9.17) is 42.6 Å². The molecule has 444 valence electrons. The Labute approximate surface area is 492 Å². The van der Waals surface area contributed by atoms with E-state index >= 15 is 0 Å². The first kappa shape index (κ1) is 68.7. The molecule has 0 N–H and O–H groups in total. The fourth-order valence-corrected chi connectivity index (χ4v) is 6.90. The van der Waals surface area contributed by atoms with Crippen molar-refractivity contribution >= 4 is 42.3 Å². The van der Waals surface area contributed by atoms with Crippen LogP contribution in [-0.2, 0) is 65.2 Å². The number of benzene rings is 5. The van der Waals surface area contributed by atoms with E-state index in [1.54, 1.807) is 80.6 Å². The quantitative estimate of drug-likeness (QED) is 0.00745. The molecule has 0 saturated heterocycles. The third-order valence-corrected chi connectivity index (χ3v) is 11.5. The average molecular weight is 1150 g/mol. The molecule has 84 heavy (non-hydrogen) atoms.